The molecule has 0 amide bonds. The van der Waals surface area contributed by atoms with Crippen LogP contribution in [-0.2, 0) is 6.42 Å². The standard InChI is InChI=1S/C16H23ClN2/c1-12(9-13-4-6-15(17)7-5-13)19-10-14-3-2-8-18-16(14)11-19/h4-7,12,14,16,18H,2-3,8-11H2,1H3/t12?,14-,16+/m0/s1. The summed E-state index contributed by atoms with van der Waals surface area (Å²) < 4.78 is 0. The van der Waals surface area contributed by atoms with E-state index in [4.69, 9.17) is 11.6 Å². The predicted molar refractivity (Wildman–Crippen MR) is 80.7 cm³/mol. The first-order valence-electron chi connectivity index (χ1n) is 7.44. The van der Waals surface area contributed by atoms with Gasteiger partial charge in [0.15, 0.2) is 0 Å². The number of likely N-dealkylation sites (tertiary alicyclic amines) is 1. The second kappa shape index (κ2) is 5.82. The highest BCUT2D eigenvalue weighted by Gasteiger charge is 2.35. The lowest BCUT2D eigenvalue weighted by molar-refractivity contribution is 0.246. The molecule has 3 heteroatoms. The fraction of sp³-hybridized carbons (Fsp3) is 0.625. The lowest BCUT2D eigenvalue weighted by Gasteiger charge is -2.25. The Balaban J connectivity index is 1.58. The number of fused-ring (bicyclic) bond motifs is 1. The minimum atomic E-state index is 0.619. The molecule has 104 valence electrons. The molecule has 0 spiro atoms. The fourth-order valence-corrected chi connectivity index (χ4v) is 3.66. The summed E-state index contributed by atoms with van der Waals surface area (Å²) in [6, 6.07) is 9.65. The molecule has 0 saturated carbocycles. The number of piperidine rings is 1. The molecule has 2 heterocycles. The number of halogens is 1. The van der Waals surface area contributed by atoms with Crippen molar-refractivity contribution in [2.45, 2.75) is 38.3 Å². The first-order valence-corrected chi connectivity index (χ1v) is 7.82. The summed E-state index contributed by atoms with van der Waals surface area (Å²) in [5.74, 6) is 0.876. The Bertz CT molecular complexity index is 403. The molecule has 1 aromatic rings. The quantitative estimate of drug-likeness (QED) is 0.915. The Morgan fingerprint density at radius 3 is 2.84 bits per heavy atom. The monoisotopic (exact) mass is 278 g/mol. The maximum Gasteiger partial charge on any atom is 0.0406 e. The van der Waals surface area contributed by atoms with Crippen molar-refractivity contribution in [2.24, 2.45) is 5.92 Å². The van der Waals surface area contributed by atoms with Crippen LogP contribution in [0.1, 0.15) is 25.3 Å². The van der Waals surface area contributed by atoms with Crippen LogP contribution in [-0.4, -0.2) is 36.6 Å². The molecule has 0 aliphatic carbocycles. The molecule has 3 atom stereocenters. The van der Waals surface area contributed by atoms with E-state index in [1.807, 2.05) is 12.1 Å². The van der Waals surface area contributed by atoms with Gasteiger partial charge < -0.3 is 5.32 Å². The van der Waals surface area contributed by atoms with E-state index >= 15 is 0 Å². The van der Waals surface area contributed by atoms with Gasteiger partial charge in [-0.05, 0) is 56.3 Å². The highest BCUT2D eigenvalue weighted by atomic mass is 35.5. The first kappa shape index (κ1) is 13.4. The summed E-state index contributed by atoms with van der Waals surface area (Å²) in [6.07, 6.45) is 3.87. The van der Waals surface area contributed by atoms with Gasteiger partial charge >= 0.3 is 0 Å². The van der Waals surface area contributed by atoms with E-state index in [1.165, 1.54) is 38.0 Å². The third-order valence-electron chi connectivity index (χ3n) is 4.70. The van der Waals surface area contributed by atoms with E-state index in [9.17, 15) is 0 Å². The number of rotatable bonds is 3. The summed E-state index contributed by atoms with van der Waals surface area (Å²) in [5, 5.41) is 4.50. The lowest BCUT2D eigenvalue weighted by atomic mass is 9.94. The molecular weight excluding hydrogens is 256 g/mol. The van der Waals surface area contributed by atoms with Crippen molar-refractivity contribution in [3.8, 4) is 0 Å². The van der Waals surface area contributed by atoms with Gasteiger partial charge in [-0.15, -0.1) is 0 Å². The first-order chi connectivity index (χ1) is 9.22. The van der Waals surface area contributed by atoms with Gasteiger partial charge in [-0.25, -0.2) is 0 Å². The maximum absolute atomic E-state index is 5.94. The maximum atomic E-state index is 5.94. The lowest BCUT2D eigenvalue weighted by Crippen LogP contribution is -2.41. The van der Waals surface area contributed by atoms with Crippen LogP contribution in [0, 0.1) is 5.92 Å². The van der Waals surface area contributed by atoms with Crippen LogP contribution >= 0.6 is 11.6 Å². The second-order valence-corrected chi connectivity index (χ2v) is 6.53. The minimum absolute atomic E-state index is 0.619. The molecule has 2 aliphatic heterocycles. The summed E-state index contributed by atoms with van der Waals surface area (Å²) in [6.45, 7) is 6.05. The smallest absolute Gasteiger partial charge is 0.0406 e. The summed E-state index contributed by atoms with van der Waals surface area (Å²) in [7, 11) is 0. The third kappa shape index (κ3) is 3.13. The van der Waals surface area contributed by atoms with Crippen molar-refractivity contribution in [2.75, 3.05) is 19.6 Å². The minimum Gasteiger partial charge on any atom is -0.312 e. The Hall–Kier alpha value is -0.570. The SMILES string of the molecule is CC(Cc1ccc(Cl)cc1)N1C[C@@H]2CCCN[C@@H]2C1. The molecule has 2 fully saturated rings. The molecule has 1 unspecified atom stereocenters. The Labute approximate surface area is 121 Å². The molecule has 19 heavy (non-hydrogen) atoms. The van der Waals surface area contributed by atoms with Crippen molar-refractivity contribution in [1.29, 1.82) is 0 Å². The van der Waals surface area contributed by atoms with Crippen LogP contribution < -0.4 is 5.32 Å². The van der Waals surface area contributed by atoms with E-state index in [1.54, 1.807) is 0 Å². The van der Waals surface area contributed by atoms with Crippen LogP contribution in [0.25, 0.3) is 0 Å². The van der Waals surface area contributed by atoms with Gasteiger partial charge in [0.25, 0.3) is 0 Å². The molecule has 2 saturated heterocycles. The highest BCUT2D eigenvalue weighted by molar-refractivity contribution is 6.30. The van der Waals surface area contributed by atoms with Crippen LogP contribution in [0.4, 0.5) is 0 Å². The zero-order valence-corrected chi connectivity index (χ0v) is 12.4. The third-order valence-corrected chi connectivity index (χ3v) is 4.95. The molecule has 2 nitrogen and oxygen atoms in total. The van der Waals surface area contributed by atoms with Gasteiger partial charge in [0.1, 0.15) is 0 Å². The molecule has 3 rings (SSSR count). The zero-order valence-electron chi connectivity index (χ0n) is 11.6. The van der Waals surface area contributed by atoms with Crippen molar-refractivity contribution in [1.82, 2.24) is 10.2 Å². The molecule has 1 aromatic carbocycles. The van der Waals surface area contributed by atoms with Gasteiger partial charge in [0.2, 0.25) is 0 Å². The van der Waals surface area contributed by atoms with E-state index in [2.05, 4.69) is 29.3 Å². The number of hydrogen-bond acceptors (Lipinski definition) is 2. The van der Waals surface area contributed by atoms with E-state index in [0.29, 0.717) is 6.04 Å². The Kier molecular flexibility index (Phi) is 4.11. The summed E-state index contributed by atoms with van der Waals surface area (Å²) in [4.78, 5) is 2.66. The van der Waals surface area contributed by atoms with Crippen molar-refractivity contribution >= 4 is 11.6 Å². The van der Waals surface area contributed by atoms with E-state index in [-0.39, 0.29) is 0 Å². The van der Waals surface area contributed by atoms with E-state index in [0.717, 1.165) is 23.4 Å². The fourth-order valence-electron chi connectivity index (χ4n) is 3.53. The van der Waals surface area contributed by atoms with Gasteiger partial charge in [0.05, 0.1) is 0 Å². The van der Waals surface area contributed by atoms with Gasteiger partial charge in [-0.3, -0.25) is 4.90 Å². The van der Waals surface area contributed by atoms with Gasteiger partial charge in [-0.1, -0.05) is 23.7 Å². The number of benzene rings is 1. The number of hydrogen-bond donors (Lipinski definition) is 1. The van der Waals surface area contributed by atoms with Crippen LogP contribution in [0.5, 0.6) is 0 Å². The molecule has 0 radical (unpaired) electrons. The molecule has 2 aliphatic rings. The van der Waals surface area contributed by atoms with Crippen molar-refractivity contribution in [3.63, 3.8) is 0 Å². The highest BCUT2D eigenvalue weighted by Crippen LogP contribution is 2.27. The van der Waals surface area contributed by atoms with E-state index < -0.39 is 0 Å². The Morgan fingerprint density at radius 2 is 2.11 bits per heavy atom. The van der Waals surface area contributed by atoms with Gasteiger partial charge in [-0.2, -0.15) is 0 Å². The normalized spacial score (nSPS) is 29.2. The average molecular weight is 279 g/mol. The molecule has 0 bridgehead atoms. The molecule has 1 N–H and O–H groups in total. The largest absolute Gasteiger partial charge is 0.312 e. The summed E-state index contributed by atoms with van der Waals surface area (Å²) >= 11 is 5.94. The van der Waals surface area contributed by atoms with Gasteiger partial charge in [0, 0.05) is 30.2 Å². The predicted octanol–water partition coefficient (Wildman–Crippen LogP) is 2.95. The van der Waals surface area contributed by atoms with Crippen molar-refractivity contribution in [3.05, 3.63) is 34.9 Å². The number of nitrogens with one attached hydrogen (secondary N) is 1. The summed E-state index contributed by atoms with van der Waals surface area (Å²) in [5.41, 5.74) is 1.39. The average Bonchev–Trinajstić information content (AvgIpc) is 2.85. The van der Waals surface area contributed by atoms with Crippen LogP contribution in [0.3, 0.4) is 0 Å². The second-order valence-electron chi connectivity index (χ2n) is 6.10. The molecule has 0 aromatic heterocycles. The number of nitrogens with zero attached hydrogens (tertiary/aromatic N) is 1. The zero-order chi connectivity index (χ0) is 13.2. The topological polar surface area (TPSA) is 15.3 Å². The molecular formula is C16H23ClN2. The van der Waals surface area contributed by atoms with Crippen molar-refractivity contribution < 1.29 is 0 Å². The van der Waals surface area contributed by atoms with Crippen LogP contribution in [0.15, 0.2) is 24.3 Å². The van der Waals surface area contributed by atoms with Crippen LogP contribution in [0.2, 0.25) is 5.02 Å². The Morgan fingerprint density at radius 1 is 1.32 bits per heavy atom.